The van der Waals surface area contributed by atoms with E-state index in [1.54, 1.807) is 6.07 Å². The lowest BCUT2D eigenvalue weighted by Crippen LogP contribution is -2.26. The normalized spacial score (nSPS) is 20.7. The summed E-state index contributed by atoms with van der Waals surface area (Å²) in [7, 11) is 2.17. The van der Waals surface area contributed by atoms with Crippen LogP contribution in [0, 0.1) is 5.82 Å². The fourth-order valence-corrected chi connectivity index (χ4v) is 3.12. The van der Waals surface area contributed by atoms with Crippen LogP contribution in [0.4, 0.5) is 4.39 Å². The predicted octanol–water partition coefficient (Wildman–Crippen LogP) is 3.36. The standard InChI is InChI=1S/C17H27FN2O/c1-4-19-13(2)17-15(18)8-5-9-16(17)21-12-10-14-7-6-11-20(14)3/h5,8-9,13-14,19H,4,6-7,10-12H2,1-3H3. The second-order valence-corrected chi connectivity index (χ2v) is 5.84. The van der Waals surface area contributed by atoms with Crippen LogP contribution in [0.3, 0.4) is 0 Å². The Morgan fingerprint density at radius 2 is 2.29 bits per heavy atom. The van der Waals surface area contributed by atoms with E-state index in [2.05, 4.69) is 17.3 Å². The number of benzene rings is 1. The molecule has 1 heterocycles. The first kappa shape index (κ1) is 16.2. The van der Waals surface area contributed by atoms with Crippen molar-refractivity contribution in [3.63, 3.8) is 0 Å². The number of ether oxygens (including phenoxy) is 1. The van der Waals surface area contributed by atoms with Crippen molar-refractivity contribution in [1.29, 1.82) is 0 Å². The van der Waals surface area contributed by atoms with Crippen LogP contribution in [-0.2, 0) is 0 Å². The molecule has 1 saturated heterocycles. The molecule has 0 bridgehead atoms. The van der Waals surface area contributed by atoms with Crippen LogP contribution in [0.1, 0.15) is 44.7 Å². The van der Waals surface area contributed by atoms with Gasteiger partial charge in [-0.3, -0.25) is 0 Å². The van der Waals surface area contributed by atoms with Gasteiger partial charge in [0.1, 0.15) is 11.6 Å². The van der Waals surface area contributed by atoms with E-state index in [1.165, 1.54) is 25.5 Å². The average Bonchev–Trinajstić information content (AvgIpc) is 2.85. The van der Waals surface area contributed by atoms with Gasteiger partial charge in [-0.1, -0.05) is 13.0 Å². The summed E-state index contributed by atoms with van der Waals surface area (Å²) in [4.78, 5) is 2.39. The lowest BCUT2D eigenvalue weighted by molar-refractivity contribution is 0.230. The lowest BCUT2D eigenvalue weighted by Gasteiger charge is -2.21. The number of hydrogen-bond acceptors (Lipinski definition) is 3. The van der Waals surface area contributed by atoms with E-state index in [1.807, 2.05) is 19.9 Å². The molecule has 0 spiro atoms. The Kier molecular flexibility index (Phi) is 6.00. The van der Waals surface area contributed by atoms with E-state index in [9.17, 15) is 4.39 Å². The molecular weight excluding hydrogens is 267 g/mol. The summed E-state index contributed by atoms with van der Waals surface area (Å²) >= 11 is 0. The summed E-state index contributed by atoms with van der Waals surface area (Å²) < 4.78 is 20.0. The van der Waals surface area contributed by atoms with Crippen LogP contribution >= 0.6 is 0 Å². The van der Waals surface area contributed by atoms with Gasteiger partial charge in [-0.15, -0.1) is 0 Å². The second-order valence-electron chi connectivity index (χ2n) is 5.84. The highest BCUT2D eigenvalue weighted by Gasteiger charge is 2.21. The Bertz CT molecular complexity index is 452. The molecule has 118 valence electrons. The molecule has 1 N–H and O–H groups in total. The fraction of sp³-hybridized carbons (Fsp3) is 0.647. The molecule has 1 aliphatic rings. The van der Waals surface area contributed by atoms with Crippen LogP contribution < -0.4 is 10.1 Å². The molecule has 1 fully saturated rings. The van der Waals surface area contributed by atoms with Gasteiger partial charge < -0.3 is 15.0 Å². The highest BCUT2D eigenvalue weighted by atomic mass is 19.1. The Morgan fingerprint density at radius 3 is 2.95 bits per heavy atom. The maximum Gasteiger partial charge on any atom is 0.131 e. The van der Waals surface area contributed by atoms with Crippen LogP contribution in [0.2, 0.25) is 0 Å². The van der Waals surface area contributed by atoms with Crippen LogP contribution in [0.15, 0.2) is 18.2 Å². The molecule has 0 aromatic heterocycles. The van der Waals surface area contributed by atoms with Crippen molar-refractivity contribution in [3.8, 4) is 5.75 Å². The third-order valence-electron chi connectivity index (χ3n) is 4.34. The van der Waals surface area contributed by atoms with Crippen LogP contribution in [0.25, 0.3) is 0 Å². The highest BCUT2D eigenvalue weighted by Crippen LogP contribution is 2.28. The zero-order valence-electron chi connectivity index (χ0n) is 13.4. The minimum Gasteiger partial charge on any atom is -0.493 e. The van der Waals surface area contributed by atoms with E-state index >= 15 is 0 Å². The molecular formula is C17H27FN2O. The predicted molar refractivity (Wildman–Crippen MR) is 84.3 cm³/mol. The summed E-state index contributed by atoms with van der Waals surface area (Å²) in [6.07, 6.45) is 3.51. The number of likely N-dealkylation sites (tertiary alicyclic amines) is 1. The smallest absolute Gasteiger partial charge is 0.131 e. The van der Waals surface area contributed by atoms with E-state index in [4.69, 9.17) is 4.74 Å². The topological polar surface area (TPSA) is 24.5 Å². The number of halogens is 1. The monoisotopic (exact) mass is 294 g/mol. The first-order valence-corrected chi connectivity index (χ1v) is 7.98. The first-order chi connectivity index (χ1) is 10.1. The van der Waals surface area contributed by atoms with Gasteiger partial charge in [0.25, 0.3) is 0 Å². The molecule has 0 aliphatic carbocycles. The molecule has 2 rings (SSSR count). The van der Waals surface area contributed by atoms with Gasteiger partial charge in [0.05, 0.1) is 6.61 Å². The molecule has 0 radical (unpaired) electrons. The quantitative estimate of drug-likeness (QED) is 0.834. The van der Waals surface area contributed by atoms with Crippen molar-refractivity contribution >= 4 is 0 Å². The molecule has 1 aliphatic heterocycles. The molecule has 3 nitrogen and oxygen atoms in total. The molecule has 0 amide bonds. The van der Waals surface area contributed by atoms with Crippen molar-refractivity contribution in [2.45, 2.75) is 45.2 Å². The molecule has 1 aromatic rings. The minimum absolute atomic E-state index is 0.0413. The van der Waals surface area contributed by atoms with Crippen molar-refractivity contribution < 1.29 is 9.13 Å². The number of rotatable bonds is 7. The summed E-state index contributed by atoms with van der Waals surface area (Å²) in [5, 5.41) is 3.25. The largest absolute Gasteiger partial charge is 0.493 e. The van der Waals surface area contributed by atoms with Gasteiger partial charge in [-0.2, -0.15) is 0 Å². The lowest BCUT2D eigenvalue weighted by atomic mass is 10.1. The van der Waals surface area contributed by atoms with Gasteiger partial charge in [0.2, 0.25) is 0 Å². The highest BCUT2D eigenvalue weighted by molar-refractivity contribution is 5.37. The van der Waals surface area contributed by atoms with E-state index in [-0.39, 0.29) is 11.9 Å². The summed E-state index contributed by atoms with van der Waals surface area (Å²) in [5.74, 6) is 0.475. The van der Waals surface area contributed by atoms with Crippen molar-refractivity contribution in [1.82, 2.24) is 10.2 Å². The van der Waals surface area contributed by atoms with Crippen LogP contribution in [0.5, 0.6) is 5.75 Å². The van der Waals surface area contributed by atoms with Crippen molar-refractivity contribution in [3.05, 3.63) is 29.6 Å². The number of hydrogen-bond donors (Lipinski definition) is 1. The van der Waals surface area contributed by atoms with E-state index < -0.39 is 0 Å². The zero-order valence-corrected chi connectivity index (χ0v) is 13.4. The molecule has 21 heavy (non-hydrogen) atoms. The third kappa shape index (κ3) is 4.17. The molecule has 2 atom stereocenters. The number of nitrogens with one attached hydrogen (secondary N) is 1. The Morgan fingerprint density at radius 1 is 1.48 bits per heavy atom. The summed E-state index contributed by atoms with van der Waals surface area (Å²) in [6, 6.07) is 5.65. The third-order valence-corrected chi connectivity index (χ3v) is 4.34. The number of nitrogens with zero attached hydrogens (tertiary/aromatic N) is 1. The van der Waals surface area contributed by atoms with E-state index in [0.717, 1.165) is 13.0 Å². The van der Waals surface area contributed by atoms with Gasteiger partial charge in [-0.25, -0.2) is 4.39 Å². The molecule has 1 aromatic carbocycles. The van der Waals surface area contributed by atoms with Gasteiger partial charge in [-0.05, 0) is 58.5 Å². The maximum atomic E-state index is 14.1. The van der Waals surface area contributed by atoms with Gasteiger partial charge in [0.15, 0.2) is 0 Å². The second kappa shape index (κ2) is 7.76. The Labute approximate surface area is 127 Å². The first-order valence-electron chi connectivity index (χ1n) is 7.98. The fourth-order valence-electron chi connectivity index (χ4n) is 3.12. The Balaban J connectivity index is 1.97. The Hall–Kier alpha value is -1.13. The summed E-state index contributed by atoms with van der Waals surface area (Å²) in [6.45, 7) is 6.62. The van der Waals surface area contributed by atoms with Gasteiger partial charge in [0, 0.05) is 17.6 Å². The van der Waals surface area contributed by atoms with Crippen LogP contribution in [-0.4, -0.2) is 37.7 Å². The van der Waals surface area contributed by atoms with Gasteiger partial charge >= 0.3 is 0 Å². The van der Waals surface area contributed by atoms with E-state index in [0.29, 0.717) is 24.0 Å². The zero-order chi connectivity index (χ0) is 15.2. The molecule has 4 heteroatoms. The SMILES string of the molecule is CCNC(C)c1c(F)cccc1OCCC1CCCN1C. The minimum atomic E-state index is -0.195. The average molecular weight is 294 g/mol. The molecule has 0 saturated carbocycles. The molecule has 2 unspecified atom stereocenters. The van der Waals surface area contributed by atoms with Crippen molar-refractivity contribution in [2.24, 2.45) is 0 Å². The summed E-state index contributed by atoms with van der Waals surface area (Å²) in [5.41, 5.74) is 0.638. The van der Waals surface area contributed by atoms with Crippen molar-refractivity contribution in [2.75, 3.05) is 26.7 Å². The maximum absolute atomic E-state index is 14.1.